The lowest BCUT2D eigenvalue weighted by Crippen LogP contribution is -2.41. The van der Waals surface area contributed by atoms with Gasteiger partial charge in [-0.1, -0.05) is 0 Å². The first-order valence-corrected chi connectivity index (χ1v) is 8.83. The van der Waals surface area contributed by atoms with E-state index in [4.69, 9.17) is 5.73 Å². The Hall–Kier alpha value is -0.920. The van der Waals surface area contributed by atoms with Crippen molar-refractivity contribution in [2.24, 2.45) is 5.73 Å². The fourth-order valence-corrected chi connectivity index (χ4v) is 3.19. The SMILES string of the molecule is Cc1cc(CNC(=O)C(N)CCS(C)(=O)=O)sc1C. The van der Waals surface area contributed by atoms with Crippen molar-refractivity contribution in [2.45, 2.75) is 32.9 Å². The highest BCUT2D eigenvalue weighted by Crippen LogP contribution is 2.20. The Morgan fingerprint density at radius 3 is 2.58 bits per heavy atom. The molecule has 1 aromatic rings. The summed E-state index contributed by atoms with van der Waals surface area (Å²) in [7, 11) is -3.08. The number of hydrogen-bond acceptors (Lipinski definition) is 5. The third kappa shape index (κ3) is 5.71. The maximum atomic E-state index is 11.7. The van der Waals surface area contributed by atoms with Crippen molar-refractivity contribution in [3.8, 4) is 0 Å². The molecule has 0 aliphatic rings. The van der Waals surface area contributed by atoms with Crippen molar-refractivity contribution >= 4 is 27.1 Å². The van der Waals surface area contributed by atoms with Crippen molar-refractivity contribution < 1.29 is 13.2 Å². The zero-order valence-corrected chi connectivity index (χ0v) is 13.0. The number of aryl methyl sites for hydroxylation is 2. The fourth-order valence-electron chi connectivity index (χ4n) is 1.51. The highest BCUT2D eigenvalue weighted by Gasteiger charge is 2.15. The van der Waals surface area contributed by atoms with Crippen molar-refractivity contribution in [1.82, 2.24) is 5.32 Å². The fraction of sp³-hybridized carbons (Fsp3) is 0.583. The molecule has 7 heteroatoms. The average Bonchev–Trinajstić information content (AvgIpc) is 2.61. The summed E-state index contributed by atoms with van der Waals surface area (Å²) in [4.78, 5) is 14.0. The lowest BCUT2D eigenvalue weighted by Gasteiger charge is -2.10. The van der Waals surface area contributed by atoms with Crippen LogP contribution in [0.25, 0.3) is 0 Å². The van der Waals surface area contributed by atoms with Gasteiger partial charge in [0.1, 0.15) is 9.84 Å². The van der Waals surface area contributed by atoms with Crippen molar-refractivity contribution in [3.05, 3.63) is 21.4 Å². The molecule has 1 rings (SSSR count). The molecule has 19 heavy (non-hydrogen) atoms. The molecule has 1 aromatic heterocycles. The van der Waals surface area contributed by atoms with Crippen LogP contribution in [0.15, 0.2) is 6.07 Å². The zero-order valence-electron chi connectivity index (χ0n) is 11.4. The molecule has 0 bridgehead atoms. The van der Waals surface area contributed by atoms with E-state index in [1.54, 1.807) is 11.3 Å². The Morgan fingerprint density at radius 2 is 2.11 bits per heavy atom. The van der Waals surface area contributed by atoms with Crippen LogP contribution in [-0.2, 0) is 21.2 Å². The molecule has 1 amide bonds. The summed E-state index contributed by atoms with van der Waals surface area (Å²) in [5.41, 5.74) is 6.85. The Kier molecular flexibility index (Phi) is 5.51. The summed E-state index contributed by atoms with van der Waals surface area (Å²) in [5, 5.41) is 2.73. The predicted molar refractivity (Wildman–Crippen MR) is 77.9 cm³/mol. The number of carbonyl (C=O) groups excluding carboxylic acids is 1. The molecule has 1 atom stereocenters. The van der Waals surface area contributed by atoms with E-state index < -0.39 is 15.9 Å². The van der Waals surface area contributed by atoms with Gasteiger partial charge in [-0.25, -0.2) is 8.42 Å². The maximum absolute atomic E-state index is 11.7. The normalized spacial score (nSPS) is 13.3. The second-order valence-corrected chi connectivity index (χ2v) is 8.30. The van der Waals surface area contributed by atoms with E-state index in [2.05, 4.69) is 5.32 Å². The third-order valence-electron chi connectivity index (χ3n) is 2.79. The zero-order chi connectivity index (χ0) is 14.6. The number of nitrogens with one attached hydrogen (secondary N) is 1. The van der Waals surface area contributed by atoms with Gasteiger partial charge in [0.25, 0.3) is 0 Å². The second-order valence-electron chi connectivity index (χ2n) is 4.69. The number of thiophene rings is 1. The molecule has 0 aliphatic heterocycles. The van der Waals surface area contributed by atoms with Crippen LogP contribution in [0.5, 0.6) is 0 Å². The molecule has 3 N–H and O–H groups in total. The summed E-state index contributed by atoms with van der Waals surface area (Å²) < 4.78 is 22.0. The van der Waals surface area contributed by atoms with E-state index in [-0.39, 0.29) is 18.1 Å². The van der Waals surface area contributed by atoms with E-state index in [9.17, 15) is 13.2 Å². The Balaban J connectivity index is 2.42. The smallest absolute Gasteiger partial charge is 0.237 e. The number of nitrogens with two attached hydrogens (primary N) is 1. The van der Waals surface area contributed by atoms with Gasteiger partial charge in [-0.3, -0.25) is 4.79 Å². The standard InChI is InChI=1S/C12H20N2O3S2/c1-8-6-10(18-9(8)2)7-14-12(15)11(13)4-5-19(3,16)17/h6,11H,4-5,7,13H2,1-3H3,(H,14,15). The molecule has 0 saturated carbocycles. The minimum Gasteiger partial charge on any atom is -0.350 e. The topological polar surface area (TPSA) is 89.3 Å². The lowest BCUT2D eigenvalue weighted by molar-refractivity contribution is -0.122. The van der Waals surface area contributed by atoms with Crippen molar-refractivity contribution in [3.63, 3.8) is 0 Å². The Labute approximate surface area is 118 Å². The minimum atomic E-state index is -3.08. The second kappa shape index (κ2) is 6.49. The van der Waals surface area contributed by atoms with Gasteiger partial charge < -0.3 is 11.1 Å². The monoisotopic (exact) mass is 304 g/mol. The molecule has 0 aromatic carbocycles. The molecule has 1 heterocycles. The van der Waals surface area contributed by atoms with Crippen LogP contribution >= 0.6 is 11.3 Å². The summed E-state index contributed by atoms with van der Waals surface area (Å²) in [6, 6.07) is 1.25. The van der Waals surface area contributed by atoms with Crippen molar-refractivity contribution in [1.29, 1.82) is 0 Å². The largest absolute Gasteiger partial charge is 0.350 e. The molecular formula is C12H20N2O3S2. The van der Waals surface area contributed by atoms with E-state index >= 15 is 0 Å². The lowest BCUT2D eigenvalue weighted by atomic mass is 10.2. The van der Waals surface area contributed by atoms with Gasteiger partial charge in [0.2, 0.25) is 5.91 Å². The molecule has 1 unspecified atom stereocenters. The van der Waals surface area contributed by atoms with Crippen LogP contribution in [0.2, 0.25) is 0 Å². The van der Waals surface area contributed by atoms with Crippen LogP contribution < -0.4 is 11.1 Å². The van der Waals surface area contributed by atoms with Gasteiger partial charge in [-0.2, -0.15) is 0 Å². The average molecular weight is 304 g/mol. The summed E-state index contributed by atoms with van der Waals surface area (Å²) >= 11 is 1.63. The highest BCUT2D eigenvalue weighted by molar-refractivity contribution is 7.90. The van der Waals surface area contributed by atoms with Gasteiger partial charge in [-0.05, 0) is 31.9 Å². The number of rotatable bonds is 6. The summed E-state index contributed by atoms with van der Waals surface area (Å²) in [6.45, 7) is 4.49. The van der Waals surface area contributed by atoms with Gasteiger partial charge in [-0.15, -0.1) is 11.3 Å². The quantitative estimate of drug-likeness (QED) is 0.811. The molecule has 108 valence electrons. The van der Waals surface area contributed by atoms with Crippen molar-refractivity contribution in [2.75, 3.05) is 12.0 Å². The van der Waals surface area contributed by atoms with Crippen LogP contribution in [0, 0.1) is 13.8 Å². The number of hydrogen-bond donors (Lipinski definition) is 2. The highest BCUT2D eigenvalue weighted by atomic mass is 32.2. The van der Waals surface area contributed by atoms with Crippen LogP contribution in [-0.4, -0.2) is 32.4 Å². The molecule has 5 nitrogen and oxygen atoms in total. The Bertz CT molecular complexity index is 530. The predicted octanol–water partition coefficient (Wildman–Crippen LogP) is 0.743. The van der Waals surface area contributed by atoms with Crippen LogP contribution in [0.4, 0.5) is 0 Å². The van der Waals surface area contributed by atoms with E-state index in [0.29, 0.717) is 6.54 Å². The Morgan fingerprint density at radius 1 is 1.47 bits per heavy atom. The molecular weight excluding hydrogens is 284 g/mol. The van der Waals surface area contributed by atoms with E-state index in [1.165, 1.54) is 10.4 Å². The first kappa shape index (κ1) is 16.1. The van der Waals surface area contributed by atoms with E-state index in [0.717, 1.165) is 11.1 Å². The van der Waals surface area contributed by atoms with Gasteiger partial charge in [0, 0.05) is 16.0 Å². The molecule has 0 spiro atoms. The van der Waals surface area contributed by atoms with Crippen LogP contribution in [0.1, 0.15) is 21.7 Å². The summed E-state index contributed by atoms with van der Waals surface area (Å²) in [5.74, 6) is -0.383. The summed E-state index contributed by atoms with van der Waals surface area (Å²) in [6.07, 6.45) is 1.28. The van der Waals surface area contributed by atoms with E-state index in [1.807, 2.05) is 19.9 Å². The van der Waals surface area contributed by atoms with Gasteiger partial charge >= 0.3 is 0 Å². The number of amides is 1. The molecule has 0 radical (unpaired) electrons. The minimum absolute atomic E-state index is 0.0706. The first-order chi connectivity index (χ1) is 8.69. The molecule has 0 aliphatic carbocycles. The van der Waals surface area contributed by atoms with Crippen LogP contribution in [0.3, 0.4) is 0 Å². The maximum Gasteiger partial charge on any atom is 0.237 e. The number of sulfone groups is 1. The van der Waals surface area contributed by atoms with Gasteiger partial charge in [0.15, 0.2) is 0 Å². The molecule has 0 saturated heterocycles. The van der Waals surface area contributed by atoms with Gasteiger partial charge in [0.05, 0.1) is 18.3 Å². The third-order valence-corrected chi connectivity index (χ3v) is 4.92. The first-order valence-electron chi connectivity index (χ1n) is 5.96. The molecule has 0 fully saturated rings. The number of carbonyl (C=O) groups is 1.